The van der Waals surface area contributed by atoms with Crippen LogP contribution in [0, 0.1) is 6.92 Å². The molecule has 2 aromatic heterocycles. The van der Waals surface area contributed by atoms with Gasteiger partial charge in [0.1, 0.15) is 5.82 Å². The summed E-state index contributed by atoms with van der Waals surface area (Å²) < 4.78 is 3.81. The summed E-state index contributed by atoms with van der Waals surface area (Å²) in [4.78, 5) is 15.9. The lowest BCUT2D eigenvalue weighted by Gasteiger charge is -2.48. The second-order valence-corrected chi connectivity index (χ2v) is 10.1. The van der Waals surface area contributed by atoms with Crippen molar-refractivity contribution in [1.29, 1.82) is 0 Å². The number of benzene rings is 3. The van der Waals surface area contributed by atoms with Gasteiger partial charge in [-0.25, -0.2) is 9.48 Å². The molecule has 7 nitrogen and oxygen atoms in total. The summed E-state index contributed by atoms with van der Waals surface area (Å²) in [5, 5.41) is 11.3. The Kier molecular flexibility index (Phi) is 6.73. The van der Waals surface area contributed by atoms with Crippen molar-refractivity contribution >= 4 is 11.8 Å². The Balaban J connectivity index is 1.24. The highest BCUT2D eigenvalue weighted by molar-refractivity contribution is 5.91. The lowest BCUT2D eigenvalue weighted by Crippen LogP contribution is -2.61. The van der Waals surface area contributed by atoms with E-state index in [4.69, 9.17) is 5.10 Å². The third-order valence-corrected chi connectivity index (χ3v) is 7.35. The highest BCUT2D eigenvalue weighted by Crippen LogP contribution is 2.35. The van der Waals surface area contributed by atoms with Crippen LogP contribution in [0.1, 0.15) is 22.7 Å². The molecule has 7 heteroatoms. The number of hydrogen-bond donors (Lipinski definition) is 2. The quantitative estimate of drug-likeness (QED) is 0.282. The van der Waals surface area contributed by atoms with Gasteiger partial charge in [-0.1, -0.05) is 78.9 Å². The average Bonchev–Trinajstić information content (AvgIpc) is 3.52. The van der Waals surface area contributed by atoms with Crippen molar-refractivity contribution in [2.45, 2.75) is 25.6 Å². The Morgan fingerprint density at radius 3 is 2.26 bits per heavy atom. The third-order valence-electron chi connectivity index (χ3n) is 7.35. The molecule has 3 aromatic carbocycles. The predicted molar refractivity (Wildman–Crippen MR) is 155 cm³/mol. The van der Waals surface area contributed by atoms with Gasteiger partial charge in [-0.15, -0.1) is 0 Å². The molecule has 39 heavy (non-hydrogen) atoms. The number of likely N-dealkylation sites (tertiary alicyclic amines) is 1. The van der Waals surface area contributed by atoms with Gasteiger partial charge >= 0.3 is 6.03 Å². The van der Waals surface area contributed by atoms with Crippen LogP contribution in [0.2, 0.25) is 0 Å². The minimum absolute atomic E-state index is 0.0156. The topological polar surface area (TPSA) is 67.1 Å². The maximum atomic E-state index is 13.5. The second kappa shape index (κ2) is 10.6. The average molecular weight is 517 g/mol. The molecule has 2 amide bonds. The lowest BCUT2D eigenvalue weighted by molar-refractivity contribution is 0.0401. The van der Waals surface area contributed by atoms with Crippen LogP contribution in [-0.2, 0) is 13.6 Å². The van der Waals surface area contributed by atoms with E-state index in [0.717, 1.165) is 35.6 Å². The number of para-hydroxylation sites is 1. The molecule has 1 saturated heterocycles. The molecular weight excluding hydrogens is 484 g/mol. The van der Waals surface area contributed by atoms with E-state index < -0.39 is 0 Å². The van der Waals surface area contributed by atoms with Crippen LogP contribution >= 0.6 is 0 Å². The number of anilines is 1. The monoisotopic (exact) mass is 516 g/mol. The first kappa shape index (κ1) is 24.7. The Bertz CT molecular complexity index is 1560. The zero-order valence-electron chi connectivity index (χ0n) is 22.2. The van der Waals surface area contributed by atoms with Gasteiger partial charge in [-0.05, 0) is 36.2 Å². The molecule has 5 aromatic rings. The number of carbonyl (C=O) groups excluding carboxylic acids is 1. The number of urea groups is 1. The molecule has 1 aliphatic heterocycles. The largest absolute Gasteiger partial charge is 0.357 e. The Labute approximate surface area is 228 Å². The molecule has 0 unspecified atom stereocenters. The first-order valence-corrected chi connectivity index (χ1v) is 13.2. The number of hydrogen-bond acceptors (Lipinski definition) is 3. The number of amides is 2. The van der Waals surface area contributed by atoms with E-state index in [1.807, 2.05) is 84.1 Å². The van der Waals surface area contributed by atoms with Gasteiger partial charge < -0.3 is 9.88 Å². The molecule has 6 rings (SSSR count). The number of nitrogens with one attached hydrogen (secondary N) is 2. The normalized spacial score (nSPS) is 17.0. The summed E-state index contributed by atoms with van der Waals surface area (Å²) in [5.41, 5.74) is 6.11. The molecule has 196 valence electrons. The summed E-state index contributed by atoms with van der Waals surface area (Å²) in [5.74, 6) is 0.661. The lowest BCUT2D eigenvalue weighted by atomic mass is 9.89. The van der Waals surface area contributed by atoms with Crippen LogP contribution in [0.5, 0.6) is 0 Å². The number of aryl methyl sites for hydroxylation is 1. The van der Waals surface area contributed by atoms with Crippen LogP contribution in [0.4, 0.5) is 10.6 Å². The Morgan fingerprint density at radius 2 is 1.59 bits per heavy atom. The van der Waals surface area contributed by atoms with Crippen LogP contribution in [0.25, 0.3) is 16.9 Å². The Morgan fingerprint density at radius 1 is 0.923 bits per heavy atom. The van der Waals surface area contributed by atoms with Crippen molar-refractivity contribution in [3.05, 3.63) is 126 Å². The molecule has 2 atom stereocenters. The van der Waals surface area contributed by atoms with Gasteiger partial charge in [0.2, 0.25) is 0 Å². The van der Waals surface area contributed by atoms with Gasteiger partial charge in [0.15, 0.2) is 0 Å². The van der Waals surface area contributed by atoms with Gasteiger partial charge in [0.05, 0.1) is 23.5 Å². The minimum atomic E-state index is -0.236. The summed E-state index contributed by atoms with van der Waals surface area (Å²) in [7, 11) is 1.99. The van der Waals surface area contributed by atoms with Gasteiger partial charge in [-0.3, -0.25) is 10.2 Å². The molecular formula is C32H32N6O. The van der Waals surface area contributed by atoms with Crippen LogP contribution in [0.15, 0.2) is 109 Å². The van der Waals surface area contributed by atoms with Crippen molar-refractivity contribution in [2.75, 3.05) is 11.9 Å². The summed E-state index contributed by atoms with van der Waals surface area (Å²) in [6, 6.07) is 32.6. The number of rotatable bonds is 7. The molecule has 1 aliphatic rings. The highest BCUT2D eigenvalue weighted by atomic mass is 16.2. The zero-order valence-corrected chi connectivity index (χ0v) is 22.2. The fourth-order valence-electron chi connectivity index (χ4n) is 5.41. The number of nitrogens with zero attached hydrogens (tertiary/aromatic N) is 4. The van der Waals surface area contributed by atoms with E-state index in [2.05, 4.69) is 64.1 Å². The zero-order chi connectivity index (χ0) is 26.8. The molecule has 0 aliphatic carbocycles. The standard InChI is InChI=1S/C32H32N6O/c1-23-29(26-18-19-36(2)21-26)35-38(27-16-10-5-11-17-27)31(23)34-32(39)33-28-22-37(20-24-12-6-3-7-13-24)30(28)25-14-8-4-9-15-25/h3-19,21,28,30H,20,22H2,1-2H3,(H2,33,34,39)/t28-,30+/m1/s1. The molecule has 2 N–H and O–H groups in total. The van der Waals surface area contributed by atoms with E-state index in [-0.39, 0.29) is 18.1 Å². The maximum Gasteiger partial charge on any atom is 0.320 e. The van der Waals surface area contributed by atoms with Crippen molar-refractivity contribution < 1.29 is 4.79 Å². The fraction of sp³-hybridized carbons (Fsp3) is 0.188. The SMILES string of the molecule is Cc1c(-c2ccn(C)c2)nn(-c2ccccc2)c1NC(=O)N[C@@H]1CN(Cc2ccccc2)[C@H]1c1ccccc1. The Hall–Kier alpha value is -4.62. The summed E-state index contributed by atoms with van der Waals surface area (Å²) in [6.07, 6.45) is 4.03. The molecule has 3 heterocycles. The van der Waals surface area contributed by atoms with Crippen molar-refractivity contribution in [3.8, 4) is 16.9 Å². The van der Waals surface area contributed by atoms with E-state index in [0.29, 0.717) is 5.82 Å². The summed E-state index contributed by atoms with van der Waals surface area (Å²) in [6.45, 7) is 3.61. The first-order chi connectivity index (χ1) is 19.1. The van der Waals surface area contributed by atoms with Gasteiger partial charge in [0.25, 0.3) is 0 Å². The van der Waals surface area contributed by atoms with Crippen molar-refractivity contribution in [3.63, 3.8) is 0 Å². The van der Waals surface area contributed by atoms with Crippen molar-refractivity contribution in [2.24, 2.45) is 7.05 Å². The number of aromatic nitrogens is 3. The molecule has 0 saturated carbocycles. The van der Waals surface area contributed by atoms with Gasteiger partial charge in [-0.2, -0.15) is 5.10 Å². The van der Waals surface area contributed by atoms with E-state index in [1.54, 1.807) is 0 Å². The first-order valence-electron chi connectivity index (χ1n) is 13.2. The molecule has 1 fully saturated rings. The van der Waals surface area contributed by atoms with E-state index >= 15 is 0 Å². The van der Waals surface area contributed by atoms with Crippen molar-refractivity contribution in [1.82, 2.24) is 24.6 Å². The second-order valence-electron chi connectivity index (χ2n) is 10.1. The van der Waals surface area contributed by atoms with Gasteiger partial charge in [0, 0.05) is 43.7 Å². The molecule has 0 bridgehead atoms. The molecule has 0 spiro atoms. The summed E-state index contributed by atoms with van der Waals surface area (Å²) >= 11 is 0. The smallest absolute Gasteiger partial charge is 0.320 e. The van der Waals surface area contributed by atoms with Crippen LogP contribution < -0.4 is 10.6 Å². The maximum absolute atomic E-state index is 13.5. The highest BCUT2D eigenvalue weighted by Gasteiger charge is 2.40. The molecule has 0 radical (unpaired) electrons. The van der Waals surface area contributed by atoms with E-state index in [9.17, 15) is 4.79 Å². The predicted octanol–water partition coefficient (Wildman–Crippen LogP) is 5.93. The minimum Gasteiger partial charge on any atom is -0.357 e. The fourth-order valence-corrected chi connectivity index (χ4v) is 5.41. The number of carbonyl (C=O) groups is 1. The third kappa shape index (κ3) is 5.09. The van der Waals surface area contributed by atoms with Crippen LogP contribution in [0.3, 0.4) is 0 Å². The van der Waals surface area contributed by atoms with Crippen LogP contribution in [-0.4, -0.2) is 37.9 Å². The van der Waals surface area contributed by atoms with E-state index in [1.165, 1.54) is 11.1 Å².